The Bertz CT molecular complexity index is 1630. The highest BCUT2D eigenvalue weighted by molar-refractivity contribution is 8.18. The molecule has 0 spiro atoms. The summed E-state index contributed by atoms with van der Waals surface area (Å²) in [5, 5.41) is 4.92. The van der Waals surface area contributed by atoms with E-state index in [0.717, 1.165) is 10.8 Å². The van der Waals surface area contributed by atoms with E-state index in [0.29, 0.717) is 27.1 Å². The van der Waals surface area contributed by atoms with Crippen molar-refractivity contribution in [1.82, 2.24) is 5.32 Å². The number of hydrogen-bond donors (Lipinski definition) is 1. The van der Waals surface area contributed by atoms with Crippen LogP contribution in [0, 0.1) is 0 Å². The van der Waals surface area contributed by atoms with Gasteiger partial charge in [0.2, 0.25) is 0 Å². The lowest BCUT2D eigenvalue weighted by molar-refractivity contribution is -0.115. The number of aliphatic imine (C=N–C) groups is 1. The number of ether oxygens (including phenoxy) is 1. The van der Waals surface area contributed by atoms with Crippen molar-refractivity contribution in [2.45, 2.75) is 4.90 Å². The summed E-state index contributed by atoms with van der Waals surface area (Å²) >= 11 is 1.20. The predicted octanol–water partition coefficient (Wildman–Crippen LogP) is 5.51. The van der Waals surface area contributed by atoms with E-state index < -0.39 is 10.1 Å². The van der Waals surface area contributed by atoms with Crippen LogP contribution in [0.25, 0.3) is 16.8 Å². The summed E-state index contributed by atoms with van der Waals surface area (Å²) in [4.78, 5) is 17.4. The van der Waals surface area contributed by atoms with Gasteiger partial charge in [0.1, 0.15) is 16.4 Å². The molecule has 0 unspecified atom stereocenters. The van der Waals surface area contributed by atoms with Crippen molar-refractivity contribution in [2.75, 3.05) is 7.11 Å². The molecule has 1 fully saturated rings. The molecule has 1 amide bonds. The zero-order valence-corrected chi connectivity index (χ0v) is 20.7. The van der Waals surface area contributed by atoms with Gasteiger partial charge in [0.15, 0.2) is 5.17 Å². The van der Waals surface area contributed by atoms with Crippen LogP contribution in [0.3, 0.4) is 0 Å². The lowest BCUT2D eigenvalue weighted by Gasteiger charge is -2.08. The molecule has 0 aliphatic carbocycles. The number of rotatable bonds is 6. The van der Waals surface area contributed by atoms with Crippen molar-refractivity contribution in [2.24, 2.45) is 4.99 Å². The molecule has 5 rings (SSSR count). The van der Waals surface area contributed by atoms with E-state index in [-0.39, 0.29) is 16.6 Å². The number of amidine groups is 1. The minimum absolute atomic E-state index is 0.0649. The average Bonchev–Trinajstić information content (AvgIpc) is 3.22. The molecular weight excluding hydrogens is 496 g/mol. The maximum atomic E-state index is 12.9. The second kappa shape index (κ2) is 9.88. The van der Waals surface area contributed by atoms with Gasteiger partial charge in [0.25, 0.3) is 5.91 Å². The first-order valence-electron chi connectivity index (χ1n) is 10.9. The molecule has 0 atom stereocenters. The number of thioether (sulfide) groups is 1. The second-order valence-corrected chi connectivity index (χ2v) is 10.4. The standard InChI is InChI=1S/C27H20N2O5S2/c1-33-22-12-10-21(11-13-22)28-27-29-26(30)25(35-27)16-18-5-4-8-23(15-18)34-36(31,32)24-14-9-19-6-2-3-7-20(19)17-24/h2-17H,1H3,(H,28,29,30)/b25-16-. The normalized spacial score (nSPS) is 15.9. The van der Waals surface area contributed by atoms with Crippen molar-refractivity contribution in [3.8, 4) is 11.5 Å². The molecule has 1 saturated heterocycles. The molecular formula is C27H20N2O5S2. The van der Waals surface area contributed by atoms with Gasteiger partial charge in [-0.1, -0.05) is 42.5 Å². The monoisotopic (exact) mass is 516 g/mol. The third-order valence-corrected chi connectivity index (χ3v) is 7.48. The van der Waals surface area contributed by atoms with Crippen LogP contribution in [0.4, 0.5) is 5.69 Å². The average molecular weight is 517 g/mol. The Labute approximate surface area is 212 Å². The van der Waals surface area contributed by atoms with Crippen LogP contribution in [0.2, 0.25) is 0 Å². The third-order valence-electron chi connectivity index (χ3n) is 5.33. The Morgan fingerprint density at radius 1 is 0.861 bits per heavy atom. The van der Waals surface area contributed by atoms with Crippen LogP contribution in [0.15, 0.2) is 106 Å². The summed E-state index contributed by atoms with van der Waals surface area (Å²) < 4.78 is 36.3. The maximum Gasteiger partial charge on any atom is 0.339 e. The Morgan fingerprint density at radius 2 is 1.64 bits per heavy atom. The van der Waals surface area contributed by atoms with Crippen molar-refractivity contribution < 1.29 is 22.1 Å². The number of hydrogen-bond acceptors (Lipinski definition) is 7. The second-order valence-electron chi connectivity index (χ2n) is 7.80. The zero-order chi connectivity index (χ0) is 25.1. The van der Waals surface area contributed by atoms with E-state index in [9.17, 15) is 13.2 Å². The Hall–Kier alpha value is -4.08. The molecule has 0 radical (unpaired) electrons. The molecule has 1 heterocycles. The van der Waals surface area contributed by atoms with E-state index in [2.05, 4.69) is 10.3 Å². The van der Waals surface area contributed by atoms with Gasteiger partial charge in [-0.3, -0.25) is 4.79 Å². The predicted molar refractivity (Wildman–Crippen MR) is 142 cm³/mol. The molecule has 1 aliphatic rings. The van der Waals surface area contributed by atoms with Gasteiger partial charge >= 0.3 is 10.1 Å². The quantitative estimate of drug-likeness (QED) is 0.268. The molecule has 0 saturated carbocycles. The van der Waals surface area contributed by atoms with Crippen molar-refractivity contribution in [3.05, 3.63) is 101 Å². The van der Waals surface area contributed by atoms with Gasteiger partial charge in [-0.25, -0.2) is 4.99 Å². The first-order chi connectivity index (χ1) is 17.4. The SMILES string of the molecule is COc1ccc(N=C2NC(=O)/C(=C/c3cccc(OS(=O)(=O)c4ccc5ccccc5c4)c3)S2)cc1. The van der Waals surface area contributed by atoms with Crippen LogP contribution in [-0.2, 0) is 14.9 Å². The van der Waals surface area contributed by atoms with E-state index in [4.69, 9.17) is 8.92 Å². The molecule has 0 bridgehead atoms. The lowest BCUT2D eigenvalue weighted by atomic mass is 10.1. The highest BCUT2D eigenvalue weighted by atomic mass is 32.2. The summed E-state index contributed by atoms with van der Waals surface area (Å²) in [6, 6.07) is 26.0. The van der Waals surface area contributed by atoms with Crippen LogP contribution in [0.5, 0.6) is 11.5 Å². The van der Waals surface area contributed by atoms with Gasteiger partial charge in [-0.2, -0.15) is 8.42 Å². The third kappa shape index (κ3) is 5.27. The number of amides is 1. The fourth-order valence-corrected chi connectivity index (χ4v) is 5.36. The van der Waals surface area contributed by atoms with E-state index in [1.807, 2.05) is 24.3 Å². The Balaban J connectivity index is 1.34. The number of methoxy groups -OCH3 is 1. The van der Waals surface area contributed by atoms with Gasteiger partial charge in [0.05, 0.1) is 17.7 Å². The molecule has 4 aromatic rings. The van der Waals surface area contributed by atoms with Crippen molar-refractivity contribution in [3.63, 3.8) is 0 Å². The number of carbonyl (C=O) groups excluding carboxylic acids is 1. The molecule has 0 aromatic heterocycles. The van der Waals surface area contributed by atoms with E-state index >= 15 is 0 Å². The van der Waals surface area contributed by atoms with Crippen molar-refractivity contribution in [1.29, 1.82) is 0 Å². The number of benzene rings is 4. The number of carbonyl (C=O) groups is 1. The van der Waals surface area contributed by atoms with Gasteiger partial charge in [-0.15, -0.1) is 0 Å². The Morgan fingerprint density at radius 3 is 2.42 bits per heavy atom. The summed E-state index contributed by atoms with van der Waals surface area (Å²) in [7, 11) is -2.45. The molecule has 7 nitrogen and oxygen atoms in total. The topological polar surface area (TPSA) is 94.1 Å². The zero-order valence-electron chi connectivity index (χ0n) is 19.0. The molecule has 1 aliphatic heterocycles. The number of nitrogens with zero attached hydrogens (tertiary/aromatic N) is 1. The minimum atomic E-state index is -4.04. The van der Waals surface area contributed by atoms with Crippen LogP contribution in [0.1, 0.15) is 5.56 Å². The fraction of sp³-hybridized carbons (Fsp3) is 0.0370. The highest BCUT2D eigenvalue weighted by Crippen LogP contribution is 2.30. The molecule has 9 heteroatoms. The smallest absolute Gasteiger partial charge is 0.339 e. The fourth-order valence-electron chi connectivity index (χ4n) is 3.56. The lowest BCUT2D eigenvalue weighted by Crippen LogP contribution is -2.19. The number of fused-ring (bicyclic) bond motifs is 1. The van der Waals surface area contributed by atoms with Gasteiger partial charge < -0.3 is 14.2 Å². The minimum Gasteiger partial charge on any atom is -0.497 e. The summed E-state index contributed by atoms with van der Waals surface area (Å²) in [6.07, 6.45) is 1.66. The molecule has 36 heavy (non-hydrogen) atoms. The van der Waals surface area contributed by atoms with E-state index in [1.54, 1.807) is 73.8 Å². The highest BCUT2D eigenvalue weighted by Gasteiger charge is 2.24. The summed E-state index contributed by atoms with van der Waals surface area (Å²) in [6.45, 7) is 0. The Kier molecular flexibility index (Phi) is 6.49. The number of nitrogens with one attached hydrogen (secondary N) is 1. The molecule has 4 aromatic carbocycles. The molecule has 180 valence electrons. The van der Waals surface area contributed by atoms with Gasteiger partial charge in [0, 0.05) is 0 Å². The maximum absolute atomic E-state index is 12.9. The van der Waals surface area contributed by atoms with Crippen LogP contribution in [-0.4, -0.2) is 26.6 Å². The van der Waals surface area contributed by atoms with Crippen molar-refractivity contribution >= 4 is 55.5 Å². The largest absolute Gasteiger partial charge is 0.497 e. The van der Waals surface area contributed by atoms with E-state index in [1.165, 1.54) is 17.8 Å². The molecule has 1 N–H and O–H groups in total. The summed E-state index contributed by atoms with van der Waals surface area (Å²) in [5.41, 5.74) is 1.29. The van der Waals surface area contributed by atoms with Crippen LogP contribution >= 0.6 is 11.8 Å². The summed E-state index contributed by atoms with van der Waals surface area (Å²) in [5.74, 6) is 0.572. The van der Waals surface area contributed by atoms with Crippen LogP contribution < -0.4 is 14.2 Å². The first-order valence-corrected chi connectivity index (χ1v) is 13.1. The van der Waals surface area contributed by atoms with Gasteiger partial charge in [-0.05, 0) is 82.7 Å². The first kappa shape index (κ1) is 23.7.